The van der Waals surface area contributed by atoms with Crippen LogP contribution in [-0.2, 0) is 10.9 Å². The molecule has 4 aromatic rings. The molecule has 0 atom stereocenters. The second kappa shape index (κ2) is 8.45. The predicted octanol–water partition coefficient (Wildman–Crippen LogP) is 3.98. The van der Waals surface area contributed by atoms with E-state index >= 15 is 0 Å². The molecule has 9 nitrogen and oxygen atoms in total. The Morgan fingerprint density at radius 1 is 1.18 bits per heavy atom. The lowest BCUT2D eigenvalue weighted by molar-refractivity contribution is -0.142. The molecule has 1 aliphatic rings. The summed E-state index contributed by atoms with van der Waals surface area (Å²) in [4.78, 5) is 22.9. The van der Waals surface area contributed by atoms with Crippen LogP contribution in [-0.4, -0.2) is 56.6 Å². The van der Waals surface area contributed by atoms with Crippen molar-refractivity contribution < 1.29 is 32.0 Å². The fourth-order valence-electron chi connectivity index (χ4n) is 3.78. The van der Waals surface area contributed by atoms with E-state index in [1.807, 2.05) is 0 Å². The molecular weight excluding hydrogens is 455 g/mol. The van der Waals surface area contributed by atoms with Crippen molar-refractivity contribution in [3.05, 3.63) is 59.9 Å². The fraction of sp³-hybridized carbons (Fsp3) is 0.273. The molecule has 3 aromatic heterocycles. The first-order chi connectivity index (χ1) is 16.3. The lowest BCUT2D eigenvalue weighted by Gasteiger charge is -2.27. The van der Waals surface area contributed by atoms with Crippen molar-refractivity contribution in [3.63, 3.8) is 0 Å². The van der Waals surface area contributed by atoms with Crippen LogP contribution in [0.25, 0.3) is 16.9 Å². The summed E-state index contributed by atoms with van der Waals surface area (Å²) in [6, 6.07) is 5.01. The minimum absolute atomic E-state index is 0.0836. The highest BCUT2D eigenvalue weighted by molar-refractivity contribution is 5.95. The van der Waals surface area contributed by atoms with Crippen LogP contribution in [0.2, 0.25) is 0 Å². The monoisotopic (exact) mass is 473 g/mol. The van der Waals surface area contributed by atoms with Gasteiger partial charge >= 0.3 is 6.18 Å². The number of aromatic nitrogens is 4. The van der Waals surface area contributed by atoms with E-state index in [4.69, 9.17) is 9.47 Å². The number of fused-ring (bicyclic) bond motifs is 1. The Hall–Kier alpha value is -3.93. The molecule has 34 heavy (non-hydrogen) atoms. The van der Waals surface area contributed by atoms with Gasteiger partial charge in [-0.3, -0.25) is 9.20 Å². The van der Waals surface area contributed by atoms with E-state index in [0.717, 1.165) is 6.26 Å². The Morgan fingerprint density at radius 2 is 1.97 bits per heavy atom. The van der Waals surface area contributed by atoms with Crippen LogP contribution in [0, 0.1) is 6.92 Å². The van der Waals surface area contributed by atoms with E-state index in [-0.39, 0.29) is 28.7 Å². The molecule has 1 saturated heterocycles. The number of hydrogen-bond donors (Lipinski definition) is 0. The molecule has 0 saturated carbocycles. The van der Waals surface area contributed by atoms with Gasteiger partial charge in [0.25, 0.3) is 11.8 Å². The van der Waals surface area contributed by atoms with Crippen LogP contribution in [0.3, 0.4) is 0 Å². The molecule has 0 aliphatic carbocycles. The molecule has 0 bridgehead atoms. The number of ether oxygens (including phenoxy) is 2. The number of carbonyl (C=O) groups is 1. The van der Waals surface area contributed by atoms with Gasteiger partial charge in [-0.05, 0) is 30.7 Å². The lowest BCUT2D eigenvalue weighted by Crippen LogP contribution is -2.40. The van der Waals surface area contributed by atoms with Crippen LogP contribution >= 0.6 is 0 Å². The standard InChI is InChI=1S/C22H18F3N5O4/c1-13-10-14(2-3-15(13)21(31)29-6-8-32-9-7-29)34-20-19-27-11-17(30(19)5-4-26-20)16-12-33-28-18(16)22(23,24)25/h2-5,10-12H,6-9H2,1H3. The first-order valence-corrected chi connectivity index (χ1v) is 10.3. The van der Waals surface area contributed by atoms with E-state index in [1.54, 1.807) is 30.0 Å². The average molecular weight is 473 g/mol. The second-order valence-corrected chi connectivity index (χ2v) is 7.63. The Bertz CT molecular complexity index is 1360. The molecular formula is C22H18F3N5O4. The Morgan fingerprint density at radius 3 is 2.71 bits per heavy atom. The number of aryl methyl sites for hydroxylation is 1. The summed E-state index contributed by atoms with van der Waals surface area (Å²) in [5.74, 6) is 0.409. The van der Waals surface area contributed by atoms with Crippen LogP contribution in [0.15, 0.2) is 47.6 Å². The van der Waals surface area contributed by atoms with Gasteiger partial charge in [0.05, 0.1) is 30.7 Å². The normalized spacial score (nSPS) is 14.5. The summed E-state index contributed by atoms with van der Waals surface area (Å²) in [7, 11) is 0. The summed E-state index contributed by atoms with van der Waals surface area (Å²) in [6.45, 7) is 3.88. The zero-order valence-corrected chi connectivity index (χ0v) is 17.9. The van der Waals surface area contributed by atoms with Gasteiger partial charge < -0.3 is 18.9 Å². The van der Waals surface area contributed by atoms with E-state index < -0.39 is 11.9 Å². The van der Waals surface area contributed by atoms with Gasteiger partial charge in [-0.2, -0.15) is 13.2 Å². The van der Waals surface area contributed by atoms with Gasteiger partial charge in [-0.1, -0.05) is 5.16 Å². The smallest absolute Gasteiger partial charge is 0.436 e. The van der Waals surface area contributed by atoms with Crippen molar-refractivity contribution in [2.45, 2.75) is 13.1 Å². The van der Waals surface area contributed by atoms with E-state index in [2.05, 4.69) is 19.6 Å². The topological polar surface area (TPSA) is 95.0 Å². The molecule has 1 fully saturated rings. The Balaban J connectivity index is 1.43. The molecule has 0 unspecified atom stereocenters. The van der Waals surface area contributed by atoms with Crippen LogP contribution < -0.4 is 4.74 Å². The van der Waals surface area contributed by atoms with Gasteiger partial charge in [-0.25, -0.2) is 9.97 Å². The summed E-state index contributed by atoms with van der Waals surface area (Å²) < 4.78 is 56.9. The van der Waals surface area contributed by atoms with Crippen molar-refractivity contribution in [2.24, 2.45) is 0 Å². The van der Waals surface area contributed by atoms with Gasteiger partial charge in [0.1, 0.15) is 12.0 Å². The van der Waals surface area contributed by atoms with E-state index in [9.17, 15) is 18.0 Å². The van der Waals surface area contributed by atoms with Gasteiger partial charge in [0, 0.05) is 31.0 Å². The Labute approximate surface area is 190 Å². The molecule has 1 aromatic carbocycles. The van der Waals surface area contributed by atoms with E-state index in [1.165, 1.54) is 23.0 Å². The van der Waals surface area contributed by atoms with Gasteiger partial charge in [0.2, 0.25) is 5.65 Å². The average Bonchev–Trinajstić information content (AvgIpc) is 3.47. The number of amides is 1. The van der Waals surface area contributed by atoms with Crippen LogP contribution in [0.4, 0.5) is 13.2 Å². The SMILES string of the molecule is Cc1cc(Oc2nccn3c(-c4conc4C(F)(F)F)cnc23)ccc1C(=O)N1CCOCC1. The third-order valence-electron chi connectivity index (χ3n) is 5.45. The predicted molar refractivity (Wildman–Crippen MR) is 111 cm³/mol. The molecule has 1 amide bonds. The van der Waals surface area contributed by atoms with E-state index in [0.29, 0.717) is 43.2 Å². The maximum Gasteiger partial charge on any atom is 0.437 e. The first kappa shape index (κ1) is 21.9. The molecule has 0 spiro atoms. The summed E-state index contributed by atoms with van der Waals surface area (Å²) in [5, 5.41) is 3.08. The number of nitrogens with zero attached hydrogens (tertiary/aromatic N) is 5. The quantitative estimate of drug-likeness (QED) is 0.443. The Kier molecular flexibility index (Phi) is 5.44. The third-order valence-corrected chi connectivity index (χ3v) is 5.45. The van der Waals surface area contributed by atoms with Crippen molar-refractivity contribution in [1.29, 1.82) is 0 Å². The van der Waals surface area contributed by atoms with Gasteiger partial charge in [-0.15, -0.1) is 0 Å². The molecule has 5 rings (SSSR count). The number of alkyl halides is 3. The second-order valence-electron chi connectivity index (χ2n) is 7.63. The zero-order chi connectivity index (χ0) is 23.9. The summed E-state index contributed by atoms with van der Waals surface area (Å²) in [6.07, 6.45) is 0.350. The highest BCUT2D eigenvalue weighted by atomic mass is 19.4. The highest BCUT2D eigenvalue weighted by Crippen LogP contribution is 2.37. The largest absolute Gasteiger partial charge is 0.437 e. The third kappa shape index (κ3) is 3.96. The molecule has 4 heterocycles. The number of imidazole rings is 1. The maximum absolute atomic E-state index is 13.3. The number of morpholine rings is 1. The van der Waals surface area contributed by atoms with Crippen LogP contribution in [0.5, 0.6) is 11.6 Å². The molecule has 0 radical (unpaired) electrons. The minimum atomic E-state index is -4.68. The van der Waals surface area contributed by atoms with Gasteiger partial charge in [0.15, 0.2) is 5.69 Å². The first-order valence-electron chi connectivity index (χ1n) is 10.3. The molecule has 12 heteroatoms. The highest BCUT2D eigenvalue weighted by Gasteiger charge is 2.38. The number of benzene rings is 1. The summed E-state index contributed by atoms with van der Waals surface area (Å²) in [5.41, 5.74) is 0.194. The fourth-order valence-corrected chi connectivity index (χ4v) is 3.78. The molecule has 0 N–H and O–H groups in total. The van der Waals surface area contributed by atoms with Crippen molar-refractivity contribution in [2.75, 3.05) is 26.3 Å². The van der Waals surface area contributed by atoms with Crippen molar-refractivity contribution in [1.82, 2.24) is 24.4 Å². The number of rotatable bonds is 4. The lowest BCUT2D eigenvalue weighted by atomic mass is 10.1. The number of halogens is 3. The minimum Gasteiger partial charge on any atom is -0.436 e. The number of hydrogen-bond acceptors (Lipinski definition) is 7. The van der Waals surface area contributed by atoms with Crippen molar-refractivity contribution >= 4 is 11.6 Å². The number of carbonyl (C=O) groups excluding carboxylic acids is 1. The van der Waals surface area contributed by atoms with Crippen LogP contribution in [0.1, 0.15) is 21.6 Å². The zero-order valence-electron chi connectivity index (χ0n) is 17.9. The molecule has 176 valence electrons. The summed E-state index contributed by atoms with van der Waals surface area (Å²) >= 11 is 0. The molecule has 1 aliphatic heterocycles. The maximum atomic E-state index is 13.3. The van der Waals surface area contributed by atoms with Crippen molar-refractivity contribution in [3.8, 4) is 22.9 Å².